The third kappa shape index (κ3) is 5.51. The molecule has 7 heteroatoms. The summed E-state index contributed by atoms with van der Waals surface area (Å²) >= 11 is 6.54. The molecule has 4 aromatic rings. The summed E-state index contributed by atoms with van der Waals surface area (Å²) in [6, 6.07) is 12.3. The largest absolute Gasteiger partial charge is 0.385 e. The summed E-state index contributed by atoms with van der Waals surface area (Å²) in [6.07, 6.45) is 12.4. The third-order valence-corrected chi connectivity index (χ3v) is 6.02. The summed E-state index contributed by atoms with van der Waals surface area (Å²) in [5.41, 5.74) is 6.64. The zero-order valence-corrected chi connectivity index (χ0v) is 20.1. The van der Waals surface area contributed by atoms with Gasteiger partial charge in [0, 0.05) is 49.5 Å². The summed E-state index contributed by atoms with van der Waals surface area (Å²) in [6.45, 7) is 0.720. The Labute approximate surface area is 204 Å². The molecule has 1 aromatic carbocycles. The van der Waals surface area contributed by atoms with E-state index in [1.165, 1.54) is 0 Å². The Kier molecular flexibility index (Phi) is 7.69. The monoisotopic (exact) mass is 471 g/mol. The topological polar surface area (TPSA) is 76.6 Å². The van der Waals surface area contributed by atoms with Crippen LogP contribution in [0.25, 0.3) is 34.4 Å². The highest BCUT2D eigenvalue weighted by atomic mass is 35.5. The number of nitriles is 1. The number of halogens is 1. The van der Waals surface area contributed by atoms with Gasteiger partial charge in [-0.1, -0.05) is 23.8 Å². The molecule has 0 aliphatic rings. The van der Waals surface area contributed by atoms with Crippen molar-refractivity contribution in [2.45, 2.75) is 25.7 Å². The first-order valence-corrected chi connectivity index (χ1v) is 11.6. The second-order valence-corrected chi connectivity index (χ2v) is 8.52. The predicted octanol–water partition coefficient (Wildman–Crippen LogP) is 5.89. The zero-order chi connectivity index (χ0) is 23.9. The lowest BCUT2D eigenvalue weighted by molar-refractivity contribution is 0.195. The van der Waals surface area contributed by atoms with E-state index in [9.17, 15) is 0 Å². The standard InChI is InChI=1S/C27H26ClN5O/c1-33-18-30-17-27(33)26-15-20(8-7-19-9-11-31-22(13-19)6-4-12-34-2)23-14-21(5-3-10-29)24(28)16-25(23)32-26/h7-9,11,13-18H,3-6,12H2,1-2H3. The van der Waals surface area contributed by atoms with Crippen molar-refractivity contribution in [1.29, 1.82) is 5.26 Å². The summed E-state index contributed by atoms with van der Waals surface area (Å²) in [5, 5.41) is 10.6. The Morgan fingerprint density at radius 1 is 1.18 bits per heavy atom. The minimum absolute atomic E-state index is 0.416. The van der Waals surface area contributed by atoms with Gasteiger partial charge in [0.05, 0.1) is 35.5 Å². The Morgan fingerprint density at radius 2 is 2.06 bits per heavy atom. The van der Waals surface area contributed by atoms with E-state index in [4.69, 9.17) is 26.6 Å². The molecule has 172 valence electrons. The van der Waals surface area contributed by atoms with Gasteiger partial charge in [-0.3, -0.25) is 4.98 Å². The van der Waals surface area contributed by atoms with Crippen molar-refractivity contribution in [2.75, 3.05) is 13.7 Å². The summed E-state index contributed by atoms with van der Waals surface area (Å²) in [4.78, 5) is 13.6. The number of rotatable bonds is 9. The van der Waals surface area contributed by atoms with Gasteiger partial charge in [0.2, 0.25) is 0 Å². The normalized spacial score (nSPS) is 11.4. The van der Waals surface area contributed by atoms with Gasteiger partial charge >= 0.3 is 0 Å². The van der Waals surface area contributed by atoms with Crippen LogP contribution in [0.1, 0.15) is 35.2 Å². The minimum Gasteiger partial charge on any atom is -0.385 e. The summed E-state index contributed by atoms with van der Waals surface area (Å²) in [7, 11) is 3.66. The highest BCUT2D eigenvalue weighted by molar-refractivity contribution is 6.32. The van der Waals surface area contributed by atoms with Crippen molar-refractivity contribution in [3.05, 3.63) is 76.5 Å². The molecule has 0 fully saturated rings. The summed E-state index contributed by atoms with van der Waals surface area (Å²) in [5.74, 6) is 0. The van der Waals surface area contributed by atoms with Crippen LogP contribution < -0.4 is 0 Å². The molecular weight excluding hydrogens is 446 g/mol. The number of hydrogen-bond donors (Lipinski definition) is 0. The van der Waals surface area contributed by atoms with Crippen LogP contribution in [0.2, 0.25) is 5.02 Å². The van der Waals surface area contributed by atoms with Crippen molar-refractivity contribution in [2.24, 2.45) is 7.05 Å². The quantitative estimate of drug-likeness (QED) is 0.284. The van der Waals surface area contributed by atoms with E-state index in [-0.39, 0.29) is 0 Å². The molecule has 0 atom stereocenters. The lowest BCUT2D eigenvalue weighted by atomic mass is 10.0. The molecule has 0 saturated carbocycles. The molecule has 0 spiro atoms. The van der Waals surface area contributed by atoms with E-state index in [1.54, 1.807) is 19.6 Å². The van der Waals surface area contributed by atoms with Crippen molar-refractivity contribution >= 4 is 34.7 Å². The Bertz CT molecular complexity index is 1370. The van der Waals surface area contributed by atoms with E-state index in [1.807, 2.05) is 29.9 Å². The van der Waals surface area contributed by atoms with Crippen LogP contribution in [-0.4, -0.2) is 33.2 Å². The number of benzene rings is 1. The highest BCUT2D eigenvalue weighted by Crippen LogP contribution is 2.31. The van der Waals surface area contributed by atoms with Crippen LogP contribution in [0.5, 0.6) is 0 Å². The van der Waals surface area contributed by atoms with Crippen LogP contribution in [-0.2, 0) is 24.6 Å². The summed E-state index contributed by atoms with van der Waals surface area (Å²) < 4.78 is 7.10. The molecule has 0 saturated heterocycles. The van der Waals surface area contributed by atoms with E-state index in [2.05, 4.69) is 46.4 Å². The Morgan fingerprint density at radius 3 is 2.82 bits per heavy atom. The minimum atomic E-state index is 0.416. The fraction of sp³-hybridized carbons (Fsp3) is 0.259. The number of fused-ring (bicyclic) bond motifs is 1. The Balaban J connectivity index is 1.77. The first-order chi connectivity index (χ1) is 16.6. The molecule has 0 radical (unpaired) electrons. The van der Waals surface area contributed by atoms with Gasteiger partial charge in [-0.2, -0.15) is 5.26 Å². The van der Waals surface area contributed by atoms with Crippen molar-refractivity contribution in [3.8, 4) is 17.5 Å². The van der Waals surface area contributed by atoms with Crippen molar-refractivity contribution < 1.29 is 4.74 Å². The zero-order valence-electron chi connectivity index (χ0n) is 19.3. The van der Waals surface area contributed by atoms with Crippen LogP contribution >= 0.6 is 11.6 Å². The maximum Gasteiger partial charge on any atom is 0.0948 e. The molecule has 4 rings (SSSR count). The third-order valence-electron chi connectivity index (χ3n) is 5.67. The van der Waals surface area contributed by atoms with Gasteiger partial charge in [0.15, 0.2) is 0 Å². The maximum atomic E-state index is 9.02. The first kappa shape index (κ1) is 23.6. The van der Waals surface area contributed by atoms with Gasteiger partial charge < -0.3 is 9.30 Å². The maximum absolute atomic E-state index is 9.02. The van der Waals surface area contributed by atoms with E-state index in [0.717, 1.165) is 64.1 Å². The van der Waals surface area contributed by atoms with E-state index >= 15 is 0 Å². The van der Waals surface area contributed by atoms with Crippen molar-refractivity contribution in [1.82, 2.24) is 19.5 Å². The molecular formula is C27H26ClN5O. The molecule has 6 nitrogen and oxygen atoms in total. The van der Waals surface area contributed by atoms with Gasteiger partial charge in [-0.15, -0.1) is 0 Å². The van der Waals surface area contributed by atoms with Crippen LogP contribution in [0.3, 0.4) is 0 Å². The molecule has 3 heterocycles. The number of methoxy groups -OCH3 is 1. The lowest BCUT2D eigenvalue weighted by Crippen LogP contribution is -1.96. The molecule has 0 aliphatic heterocycles. The first-order valence-electron chi connectivity index (χ1n) is 11.2. The molecule has 0 aliphatic carbocycles. The molecule has 34 heavy (non-hydrogen) atoms. The van der Waals surface area contributed by atoms with Crippen molar-refractivity contribution in [3.63, 3.8) is 0 Å². The SMILES string of the molecule is COCCCc1cc(C=Cc2cc(-c3cncn3C)nc3cc(Cl)c(CCC#N)cc23)ccn1. The van der Waals surface area contributed by atoms with Gasteiger partial charge in [-0.05, 0) is 66.3 Å². The smallest absolute Gasteiger partial charge is 0.0948 e. The van der Waals surface area contributed by atoms with Crippen LogP contribution in [0.4, 0.5) is 0 Å². The molecule has 3 aromatic heterocycles. The van der Waals surface area contributed by atoms with E-state index < -0.39 is 0 Å². The fourth-order valence-electron chi connectivity index (χ4n) is 3.89. The van der Waals surface area contributed by atoms with Gasteiger partial charge in [-0.25, -0.2) is 9.97 Å². The molecule has 0 unspecified atom stereocenters. The van der Waals surface area contributed by atoms with Crippen LogP contribution in [0.15, 0.2) is 49.1 Å². The van der Waals surface area contributed by atoms with Crippen LogP contribution in [0, 0.1) is 11.3 Å². The lowest BCUT2D eigenvalue weighted by Gasteiger charge is -2.11. The number of aryl methyl sites for hydroxylation is 3. The van der Waals surface area contributed by atoms with Gasteiger partial charge in [0.1, 0.15) is 0 Å². The highest BCUT2D eigenvalue weighted by Gasteiger charge is 2.12. The second-order valence-electron chi connectivity index (χ2n) is 8.12. The number of nitrogens with zero attached hydrogens (tertiary/aromatic N) is 5. The molecule has 0 amide bonds. The number of aromatic nitrogens is 4. The predicted molar refractivity (Wildman–Crippen MR) is 136 cm³/mol. The number of pyridine rings is 2. The average molecular weight is 472 g/mol. The van der Waals surface area contributed by atoms with E-state index in [0.29, 0.717) is 17.9 Å². The average Bonchev–Trinajstić information content (AvgIpc) is 3.27. The van der Waals surface area contributed by atoms with Gasteiger partial charge in [0.25, 0.3) is 0 Å². The number of imidazole rings is 1. The second kappa shape index (κ2) is 11.1. The molecule has 0 N–H and O–H groups in total. The molecule has 0 bridgehead atoms. The fourth-order valence-corrected chi connectivity index (χ4v) is 4.15. The number of hydrogen-bond acceptors (Lipinski definition) is 5. The number of ether oxygens (including phenoxy) is 1. The Hall–Kier alpha value is -3.53.